The monoisotopic (exact) mass is 239 g/mol. The molecule has 0 aliphatic carbocycles. The minimum Gasteiger partial charge on any atom is -0.321 e. The number of aromatic nitrogens is 4. The highest BCUT2D eigenvalue weighted by atomic mass is 16.2. The van der Waals surface area contributed by atoms with Gasteiger partial charge in [0.2, 0.25) is 0 Å². The van der Waals surface area contributed by atoms with Crippen molar-refractivity contribution in [2.45, 2.75) is 0 Å². The molecule has 0 unspecified atom stereocenters. The van der Waals surface area contributed by atoms with Crippen molar-refractivity contribution in [1.29, 1.82) is 0 Å². The van der Waals surface area contributed by atoms with Crippen LogP contribution in [0.4, 0.5) is 5.69 Å². The van der Waals surface area contributed by atoms with E-state index in [0.29, 0.717) is 5.69 Å². The molecule has 1 amide bonds. The fraction of sp³-hybridized carbons (Fsp3) is 0. The van der Waals surface area contributed by atoms with Gasteiger partial charge in [-0.05, 0) is 24.3 Å². The topological polar surface area (TPSA) is 83.6 Å². The van der Waals surface area contributed by atoms with Crippen molar-refractivity contribution in [2.75, 3.05) is 5.32 Å². The summed E-state index contributed by atoms with van der Waals surface area (Å²) in [7, 11) is 0. The number of amides is 1. The van der Waals surface area contributed by atoms with Gasteiger partial charge in [0.25, 0.3) is 5.91 Å². The predicted molar refractivity (Wildman–Crippen MR) is 66.1 cm³/mol. The molecule has 0 saturated heterocycles. The Bertz CT molecular complexity index is 693. The lowest BCUT2D eigenvalue weighted by molar-refractivity contribution is 0.102. The number of pyridine rings is 1. The summed E-state index contributed by atoms with van der Waals surface area (Å²) >= 11 is 0. The second-order valence-corrected chi connectivity index (χ2v) is 3.72. The lowest BCUT2D eigenvalue weighted by atomic mass is 10.2. The average Bonchev–Trinajstić information content (AvgIpc) is 2.92. The van der Waals surface area contributed by atoms with Crippen LogP contribution in [-0.4, -0.2) is 26.3 Å². The number of anilines is 1. The number of nitrogens with zero attached hydrogens (tertiary/aromatic N) is 3. The zero-order valence-corrected chi connectivity index (χ0v) is 9.29. The minimum atomic E-state index is -0.299. The molecule has 0 spiro atoms. The zero-order chi connectivity index (χ0) is 12.4. The van der Waals surface area contributed by atoms with Crippen LogP contribution < -0.4 is 5.32 Å². The van der Waals surface area contributed by atoms with Crippen LogP contribution >= 0.6 is 0 Å². The van der Waals surface area contributed by atoms with E-state index in [2.05, 4.69) is 25.7 Å². The van der Waals surface area contributed by atoms with Crippen LogP contribution in [0.15, 0.2) is 42.7 Å². The highest BCUT2D eigenvalue weighted by Gasteiger charge is 2.08. The Balaban J connectivity index is 1.89. The van der Waals surface area contributed by atoms with E-state index in [-0.39, 0.29) is 11.6 Å². The Labute approximate surface area is 102 Å². The highest BCUT2D eigenvalue weighted by Crippen LogP contribution is 2.17. The van der Waals surface area contributed by atoms with E-state index >= 15 is 0 Å². The van der Waals surface area contributed by atoms with Crippen LogP contribution in [0.2, 0.25) is 0 Å². The van der Waals surface area contributed by atoms with Crippen molar-refractivity contribution < 1.29 is 4.79 Å². The number of hydrogen-bond donors (Lipinski definition) is 2. The normalized spacial score (nSPS) is 10.4. The molecule has 0 atom stereocenters. The molecule has 3 rings (SSSR count). The third kappa shape index (κ3) is 1.91. The molecule has 2 heterocycles. The highest BCUT2D eigenvalue weighted by molar-refractivity contribution is 6.03. The Morgan fingerprint density at radius 1 is 1.28 bits per heavy atom. The summed E-state index contributed by atoms with van der Waals surface area (Å²) in [6, 6.07) is 9.31. The molecule has 6 heteroatoms. The molecule has 0 bridgehead atoms. The Morgan fingerprint density at radius 3 is 3.06 bits per heavy atom. The number of H-pyrrole nitrogens is 1. The summed E-state index contributed by atoms with van der Waals surface area (Å²) in [6.45, 7) is 0. The number of rotatable bonds is 2. The summed E-state index contributed by atoms with van der Waals surface area (Å²) < 4.78 is 0. The molecule has 2 N–H and O–H groups in total. The van der Waals surface area contributed by atoms with Crippen molar-refractivity contribution in [2.24, 2.45) is 0 Å². The number of aromatic amines is 1. The van der Waals surface area contributed by atoms with E-state index in [1.807, 2.05) is 24.3 Å². The Hall–Kier alpha value is -2.76. The second kappa shape index (κ2) is 4.25. The third-order valence-electron chi connectivity index (χ3n) is 2.51. The quantitative estimate of drug-likeness (QED) is 0.711. The Morgan fingerprint density at radius 2 is 2.22 bits per heavy atom. The molecule has 1 aromatic carbocycles. The van der Waals surface area contributed by atoms with Gasteiger partial charge in [0.05, 0.1) is 11.7 Å². The van der Waals surface area contributed by atoms with Gasteiger partial charge in [-0.15, -0.1) is 0 Å². The summed E-state index contributed by atoms with van der Waals surface area (Å²) in [5.74, 6) is -0.299. The van der Waals surface area contributed by atoms with E-state index < -0.39 is 0 Å². The standard InChI is InChI=1S/C12H9N5O/c18-12(11-7-14-17-16-11)15-9-3-4-10-8(6-9)2-1-5-13-10/h1-7H,(H,15,18)(H,14,16,17). The van der Waals surface area contributed by atoms with E-state index in [4.69, 9.17) is 0 Å². The Kier molecular flexibility index (Phi) is 2.45. The lowest BCUT2D eigenvalue weighted by Gasteiger charge is -2.04. The molecule has 0 aliphatic heterocycles. The molecule has 3 aromatic rings. The first-order valence-electron chi connectivity index (χ1n) is 5.35. The summed E-state index contributed by atoms with van der Waals surface area (Å²) in [6.07, 6.45) is 3.11. The van der Waals surface area contributed by atoms with Gasteiger partial charge in [-0.25, -0.2) is 0 Å². The molecule has 88 valence electrons. The second-order valence-electron chi connectivity index (χ2n) is 3.72. The van der Waals surface area contributed by atoms with Crippen molar-refractivity contribution in [3.8, 4) is 0 Å². The van der Waals surface area contributed by atoms with Gasteiger partial charge in [-0.3, -0.25) is 9.78 Å². The van der Waals surface area contributed by atoms with Crippen LogP contribution in [0.1, 0.15) is 10.5 Å². The van der Waals surface area contributed by atoms with E-state index in [1.165, 1.54) is 6.20 Å². The molecule has 0 saturated carbocycles. The van der Waals surface area contributed by atoms with Crippen molar-refractivity contribution in [1.82, 2.24) is 20.4 Å². The van der Waals surface area contributed by atoms with Gasteiger partial charge in [-0.2, -0.15) is 15.4 Å². The van der Waals surface area contributed by atoms with Crippen molar-refractivity contribution in [3.05, 3.63) is 48.4 Å². The van der Waals surface area contributed by atoms with Crippen LogP contribution in [-0.2, 0) is 0 Å². The first-order valence-corrected chi connectivity index (χ1v) is 5.35. The SMILES string of the molecule is O=C(Nc1ccc2ncccc2c1)c1cn[nH]n1. The number of carbonyl (C=O) groups excluding carboxylic acids is 1. The molecule has 6 nitrogen and oxygen atoms in total. The number of benzene rings is 1. The number of carbonyl (C=O) groups is 1. The number of hydrogen-bond acceptors (Lipinski definition) is 4. The van der Waals surface area contributed by atoms with Crippen LogP contribution in [0.25, 0.3) is 10.9 Å². The van der Waals surface area contributed by atoms with Crippen LogP contribution in [0.3, 0.4) is 0 Å². The van der Waals surface area contributed by atoms with E-state index in [9.17, 15) is 4.79 Å². The third-order valence-corrected chi connectivity index (χ3v) is 2.51. The van der Waals surface area contributed by atoms with Gasteiger partial charge >= 0.3 is 0 Å². The molecule has 0 radical (unpaired) electrons. The summed E-state index contributed by atoms with van der Waals surface area (Å²) in [4.78, 5) is 16.0. The van der Waals surface area contributed by atoms with Crippen molar-refractivity contribution in [3.63, 3.8) is 0 Å². The molecule has 0 aliphatic rings. The largest absolute Gasteiger partial charge is 0.321 e. The summed E-state index contributed by atoms with van der Waals surface area (Å²) in [5.41, 5.74) is 1.83. The van der Waals surface area contributed by atoms with Gasteiger partial charge in [-0.1, -0.05) is 6.07 Å². The smallest absolute Gasteiger partial charge is 0.277 e. The van der Waals surface area contributed by atoms with E-state index in [0.717, 1.165) is 10.9 Å². The zero-order valence-electron chi connectivity index (χ0n) is 9.29. The minimum absolute atomic E-state index is 0.251. The maximum absolute atomic E-state index is 11.8. The number of fused-ring (bicyclic) bond motifs is 1. The van der Waals surface area contributed by atoms with Gasteiger partial charge in [0, 0.05) is 17.3 Å². The van der Waals surface area contributed by atoms with Gasteiger partial charge in [0.1, 0.15) is 0 Å². The van der Waals surface area contributed by atoms with Crippen LogP contribution in [0, 0.1) is 0 Å². The molecular formula is C12H9N5O. The average molecular weight is 239 g/mol. The van der Waals surface area contributed by atoms with Crippen molar-refractivity contribution >= 4 is 22.5 Å². The maximum Gasteiger partial charge on any atom is 0.277 e. The van der Waals surface area contributed by atoms with Gasteiger partial charge in [0.15, 0.2) is 5.69 Å². The fourth-order valence-electron chi connectivity index (χ4n) is 1.66. The molecule has 18 heavy (non-hydrogen) atoms. The number of nitrogens with one attached hydrogen (secondary N) is 2. The predicted octanol–water partition coefficient (Wildman–Crippen LogP) is 1.61. The van der Waals surface area contributed by atoms with Crippen LogP contribution in [0.5, 0.6) is 0 Å². The van der Waals surface area contributed by atoms with E-state index in [1.54, 1.807) is 12.3 Å². The lowest BCUT2D eigenvalue weighted by Crippen LogP contribution is -2.12. The molecule has 2 aromatic heterocycles. The first kappa shape index (κ1) is 10.4. The summed E-state index contributed by atoms with van der Waals surface area (Å²) in [5, 5.41) is 13.4. The first-order chi connectivity index (χ1) is 8.83. The molecule has 0 fully saturated rings. The van der Waals surface area contributed by atoms with Gasteiger partial charge < -0.3 is 5.32 Å². The maximum atomic E-state index is 11.8. The fourth-order valence-corrected chi connectivity index (χ4v) is 1.66. The molecular weight excluding hydrogens is 230 g/mol.